The largest absolute Gasteiger partial charge is 0.506 e. The number of halogens is 2. The SMILES string of the molecule is CC(C)(C)NC(=O)N1CCC(NC(=O)c2cc(Cl)cc(Cl)c2O)CC1. The molecular weight excluding hydrogens is 365 g/mol. The molecule has 0 saturated carbocycles. The molecule has 0 unspecified atom stereocenters. The molecule has 0 atom stereocenters. The lowest BCUT2D eigenvalue weighted by Crippen LogP contribution is -2.53. The number of amides is 3. The van der Waals surface area contributed by atoms with Gasteiger partial charge in [0, 0.05) is 29.7 Å². The minimum Gasteiger partial charge on any atom is -0.506 e. The molecule has 1 aromatic rings. The molecule has 138 valence electrons. The van der Waals surface area contributed by atoms with Crippen LogP contribution in [-0.4, -0.2) is 46.6 Å². The van der Waals surface area contributed by atoms with Crippen LogP contribution in [0.1, 0.15) is 44.0 Å². The molecule has 1 saturated heterocycles. The molecular formula is C17H23Cl2N3O3. The van der Waals surface area contributed by atoms with Crippen LogP contribution in [0.15, 0.2) is 12.1 Å². The fourth-order valence-corrected chi connectivity index (χ4v) is 3.12. The number of benzene rings is 1. The van der Waals surface area contributed by atoms with Gasteiger partial charge in [0.05, 0.1) is 10.6 Å². The average Bonchev–Trinajstić information content (AvgIpc) is 2.49. The second-order valence-electron chi connectivity index (χ2n) is 7.20. The van der Waals surface area contributed by atoms with Gasteiger partial charge in [-0.2, -0.15) is 0 Å². The first-order valence-electron chi connectivity index (χ1n) is 8.13. The standard InChI is InChI=1S/C17H23Cl2N3O3/c1-17(2,3)21-16(25)22-6-4-11(5-7-22)20-15(24)12-8-10(18)9-13(19)14(12)23/h8-9,11,23H,4-7H2,1-3H3,(H,20,24)(H,21,25). The number of nitrogens with zero attached hydrogens (tertiary/aromatic N) is 1. The maximum absolute atomic E-state index is 12.4. The van der Waals surface area contributed by atoms with E-state index in [2.05, 4.69) is 10.6 Å². The van der Waals surface area contributed by atoms with Crippen molar-refractivity contribution in [2.75, 3.05) is 13.1 Å². The highest BCUT2D eigenvalue weighted by molar-refractivity contribution is 6.36. The summed E-state index contributed by atoms with van der Waals surface area (Å²) in [4.78, 5) is 26.2. The smallest absolute Gasteiger partial charge is 0.317 e. The number of phenols is 1. The van der Waals surface area contributed by atoms with Crippen LogP contribution in [0.4, 0.5) is 4.79 Å². The van der Waals surface area contributed by atoms with Crippen molar-refractivity contribution in [3.63, 3.8) is 0 Å². The van der Waals surface area contributed by atoms with Crippen molar-refractivity contribution in [3.8, 4) is 5.75 Å². The third-order valence-corrected chi connectivity index (χ3v) is 4.38. The number of piperidine rings is 1. The highest BCUT2D eigenvalue weighted by atomic mass is 35.5. The van der Waals surface area contributed by atoms with Gasteiger partial charge in [0.15, 0.2) is 0 Å². The molecule has 1 fully saturated rings. The van der Waals surface area contributed by atoms with Crippen LogP contribution in [0.3, 0.4) is 0 Å². The fourth-order valence-electron chi connectivity index (χ4n) is 2.63. The lowest BCUT2D eigenvalue weighted by Gasteiger charge is -2.34. The second-order valence-corrected chi connectivity index (χ2v) is 8.04. The van der Waals surface area contributed by atoms with Crippen LogP contribution in [0, 0.1) is 0 Å². The summed E-state index contributed by atoms with van der Waals surface area (Å²) in [7, 11) is 0. The molecule has 25 heavy (non-hydrogen) atoms. The third-order valence-electron chi connectivity index (χ3n) is 3.87. The molecule has 6 nitrogen and oxygen atoms in total. The average molecular weight is 388 g/mol. The molecule has 3 N–H and O–H groups in total. The molecule has 0 aliphatic carbocycles. The van der Waals surface area contributed by atoms with Crippen molar-refractivity contribution >= 4 is 35.1 Å². The fraction of sp³-hybridized carbons (Fsp3) is 0.529. The van der Waals surface area contributed by atoms with Gasteiger partial charge >= 0.3 is 6.03 Å². The Bertz CT molecular complexity index is 666. The summed E-state index contributed by atoms with van der Waals surface area (Å²) >= 11 is 11.7. The first-order valence-corrected chi connectivity index (χ1v) is 8.88. The van der Waals surface area contributed by atoms with Crippen LogP contribution >= 0.6 is 23.2 Å². The highest BCUT2D eigenvalue weighted by Gasteiger charge is 2.27. The van der Waals surface area contributed by atoms with Crippen molar-refractivity contribution in [2.45, 2.75) is 45.2 Å². The Hall–Kier alpha value is -1.66. The van der Waals surface area contributed by atoms with Gasteiger partial charge in [-0.05, 0) is 45.7 Å². The first-order chi connectivity index (χ1) is 11.6. The summed E-state index contributed by atoms with van der Waals surface area (Å²) < 4.78 is 0. The van der Waals surface area contributed by atoms with Gasteiger partial charge in [-0.25, -0.2) is 4.79 Å². The summed E-state index contributed by atoms with van der Waals surface area (Å²) in [5.41, 5.74) is -0.240. The summed E-state index contributed by atoms with van der Waals surface area (Å²) in [6.07, 6.45) is 1.27. The summed E-state index contributed by atoms with van der Waals surface area (Å²) in [5, 5.41) is 16.0. The van der Waals surface area contributed by atoms with E-state index in [4.69, 9.17) is 23.2 Å². The van der Waals surface area contributed by atoms with Crippen LogP contribution in [0.25, 0.3) is 0 Å². The number of carbonyl (C=O) groups is 2. The van der Waals surface area contributed by atoms with Crippen molar-refractivity contribution < 1.29 is 14.7 Å². The predicted molar refractivity (Wildman–Crippen MR) is 98.5 cm³/mol. The van der Waals surface area contributed by atoms with Gasteiger partial charge in [-0.1, -0.05) is 23.2 Å². The maximum atomic E-state index is 12.4. The molecule has 0 radical (unpaired) electrons. The van der Waals surface area contributed by atoms with Crippen molar-refractivity contribution in [1.29, 1.82) is 0 Å². The molecule has 0 bridgehead atoms. The normalized spacial score (nSPS) is 15.8. The number of aromatic hydroxyl groups is 1. The highest BCUT2D eigenvalue weighted by Crippen LogP contribution is 2.31. The van der Waals surface area contributed by atoms with E-state index in [0.717, 1.165) is 0 Å². The van der Waals surface area contributed by atoms with Gasteiger partial charge in [-0.3, -0.25) is 4.79 Å². The molecule has 1 heterocycles. The molecule has 0 spiro atoms. The van der Waals surface area contributed by atoms with Crippen molar-refractivity contribution in [2.24, 2.45) is 0 Å². The van der Waals surface area contributed by atoms with Gasteiger partial charge < -0.3 is 20.6 Å². The van der Waals surface area contributed by atoms with Crippen LogP contribution < -0.4 is 10.6 Å². The number of hydrogen-bond acceptors (Lipinski definition) is 3. The van der Waals surface area contributed by atoms with E-state index in [-0.39, 0.29) is 39.0 Å². The van der Waals surface area contributed by atoms with E-state index in [1.54, 1.807) is 4.90 Å². The van der Waals surface area contributed by atoms with E-state index in [9.17, 15) is 14.7 Å². The van der Waals surface area contributed by atoms with Crippen LogP contribution in [-0.2, 0) is 0 Å². The van der Waals surface area contributed by atoms with Gasteiger partial charge in [0.25, 0.3) is 5.91 Å². The van der Waals surface area contributed by atoms with Crippen LogP contribution in [0.5, 0.6) is 5.75 Å². The van der Waals surface area contributed by atoms with Crippen molar-refractivity contribution in [3.05, 3.63) is 27.7 Å². The second kappa shape index (κ2) is 7.70. The zero-order valence-corrected chi connectivity index (χ0v) is 16.0. The molecule has 0 aromatic heterocycles. The number of likely N-dealkylation sites (tertiary alicyclic amines) is 1. The lowest BCUT2D eigenvalue weighted by molar-refractivity contribution is 0.0914. The Balaban J connectivity index is 1.92. The maximum Gasteiger partial charge on any atom is 0.317 e. The molecule has 1 aliphatic heterocycles. The van der Waals surface area contributed by atoms with Crippen molar-refractivity contribution in [1.82, 2.24) is 15.5 Å². The molecule has 2 rings (SSSR count). The van der Waals surface area contributed by atoms with Gasteiger partial charge in [0.2, 0.25) is 0 Å². The number of carbonyl (C=O) groups excluding carboxylic acids is 2. The number of hydrogen-bond donors (Lipinski definition) is 3. The topological polar surface area (TPSA) is 81.7 Å². The van der Waals surface area contributed by atoms with Gasteiger partial charge in [-0.15, -0.1) is 0 Å². The van der Waals surface area contributed by atoms with Crippen LogP contribution in [0.2, 0.25) is 10.0 Å². The number of urea groups is 1. The van der Waals surface area contributed by atoms with E-state index in [0.29, 0.717) is 25.9 Å². The number of phenolic OH excluding ortho intramolecular Hbond substituents is 1. The van der Waals surface area contributed by atoms with E-state index < -0.39 is 5.91 Å². The summed E-state index contributed by atoms with van der Waals surface area (Å²) in [5.74, 6) is -0.718. The number of nitrogens with one attached hydrogen (secondary N) is 2. The number of rotatable bonds is 2. The first kappa shape index (κ1) is 19.7. The zero-order chi connectivity index (χ0) is 18.8. The monoisotopic (exact) mass is 387 g/mol. The van der Waals surface area contributed by atoms with Gasteiger partial charge in [0.1, 0.15) is 5.75 Å². The molecule has 3 amide bonds. The van der Waals surface area contributed by atoms with E-state index in [1.807, 2.05) is 20.8 Å². The quantitative estimate of drug-likeness (QED) is 0.726. The zero-order valence-electron chi connectivity index (χ0n) is 14.5. The third kappa shape index (κ3) is 5.41. The Morgan fingerprint density at radius 2 is 1.80 bits per heavy atom. The Morgan fingerprint density at radius 1 is 1.20 bits per heavy atom. The van der Waals surface area contributed by atoms with E-state index >= 15 is 0 Å². The minimum atomic E-state index is -0.431. The summed E-state index contributed by atoms with van der Waals surface area (Å²) in [6, 6.07) is 2.57. The minimum absolute atomic E-state index is 0.0336. The Morgan fingerprint density at radius 3 is 2.36 bits per heavy atom. The molecule has 1 aliphatic rings. The predicted octanol–water partition coefficient (Wildman–Crippen LogP) is 3.40. The molecule has 1 aromatic carbocycles. The molecule has 8 heteroatoms. The van der Waals surface area contributed by atoms with E-state index in [1.165, 1.54) is 12.1 Å². The lowest BCUT2D eigenvalue weighted by atomic mass is 10.0. The Kier molecular flexibility index (Phi) is 6.06. The Labute approximate surface area is 157 Å². The summed E-state index contributed by atoms with van der Waals surface area (Å²) in [6.45, 7) is 6.89.